The van der Waals surface area contributed by atoms with Crippen LogP contribution in [-0.2, 0) is 6.54 Å². The quantitative estimate of drug-likeness (QED) is 0.850. The Hall–Kier alpha value is -0.830. The Kier molecular flexibility index (Phi) is 3.64. The average molecular weight is 222 g/mol. The van der Waals surface area contributed by atoms with E-state index in [0.29, 0.717) is 11.8 Å². The zero-order valence-corrected chi connectivity index (χ0v) is 10.3. The number of hydrogen-bond acceptors (Lipinski definition) is 2. The number of aliphatic hydroxyl groups is 1. The molecule has 3 heteroatoms. The molecule has 0 saturated heterocycles. The molecule has 1 aliphatic carbocycles. The van der Waals surface area contributed by atoms with Crippen LogP contribution >= 0.6 is 0 Å². The molecule has 1 aromatic rings. The second kappa shape index (κ2) is 5.00. The first-order valence-electron chi connectivity index (χ1n) is 6.42. The molecule has 2 rings (SSSR count). The van der Waals surface area contributed by atoms with E-state index in [1.807, 2.05) is 17.1 Å². The Morgan fingerprint density at radius 1 is 1.56 bits per heavy atom. The summed E-state index contributed by atoms with van der Waals surface area (Å²) in [4.78, 5) is 0. The second-order valence-corrected chi connectivity index (χ2v) is 5.05. The SMILES string of the molecule is CCCn1cc(C(O)C2CCCC2C)cn1. The first-order chi connectivity index (χ1) is 7.72. The molecule has 16 heavy (non-hydrogen) atoms. The van der Waals surface area contributed by atoms with Crippen LogP contribution in [0.15, 0.2) is 12.4 Å². The van der Waals surface area contributed by atoms with E-state index in [4.69, 9.17) is 0 Å². The predicted molar refractivity (Wildman–Crippen MR) is 64.0 cm³/mol. The minimum absolute atomic E-state index is 0.317. The second-order valence-electron chi connectivity index (χ2n) is 5.05. The van der Waals surface area contributed by atoms with Crippen LogP contribution in [0, 0.1) is 11.8 Å². The van der Waals surface area contributed by atoms with E-state index in [9.17, 15) is 5.11 Å². The van der Waals surface area contributed by atoms with E-state index in [1.165, 1.54) is 12.8 Å². The van der Waals surface area contributed by atoms with Crippen LogP contribution in [0.4, 0.5) is 0 Å². The van der Waals surface area contributed by atoms with Gasteiger partial charge < -0.3 is 5.11 Å². The molecule has 0 amide bonds. The molecule has 0 bridgehead atoms. The van der Waals surface area contributed by atoms with E-state index in [-0.39, 0.29) is 6.10 Å². The third-order valence-electron chi connectivity index (χ3n) is 3.78. The summed E-state index contributed by atoms with van der Waals surface area (Å²) in [5, 5.41) is 14.6. The number of aryl methyl sites for hydroxylation is 1. The minimum atomic E-state index is -0.317. The number of nitrogens with zero attached hydrogens (tertiary/aromatic N) is 2. The highest BCUT2D eigenvalue weighted by atomic mass is 16.3. The lowest BCUT2D eigenvalue weighted by molar-refractivity contribution is 0.0899. The van der Waals surface area contributed by atoms with E-state index >= 15 is 0 Å². The minimum Gasteiger partial charge on any atom is -0.388 e. The smallest absolute Gasteiger partial charge is 0.0851 e. The van der Waals surface area contributed by atoms with E-state index in [1.54, 1.807) is 0 Å². The summed E-state index contributed by atoms with van der Waals surface area (Å²) in [6, 6.07) is 0. The standard InChI is InChI=1S/C13H22N2O/c1-3-7-15-9-11(8-14-15)13(16)12-6-4-5-10(12)2/h8-10,12-13,16H,3-7H2,1-2H3. The third-order valence-corrected chi connectivity index (χ3v) is 3.78. The van der Waals surface area contributed by atoms with E-state index < -0.39 is 0 Å². The van der Waals surface area contributed by atoms with Crippen molar-refractivity contribution in [1.82, 2.24) is 9.78 Å². The highest BCUT2D eigenvalue weighted by molar-refractivity contribution is 5.10. The van der Waals surface area contributed by atoms with Gasteiger partial charge in [0.05, 0.1) is 12.3 Å². The van der Waals surface area contributed by atoms with Gasteiger partial charge in [-0.1, -0.05) is 26.7 Å². The van der Waals surface area contributed by atoms with Gasteiger partial charge in [0, 0.05) is 18.3 Å². The van der Waals surface area contributed by atoms with Crippen molar-refractivity contribution in [3.8, 4) is 0 Å². The molecule has 1 saturated carbocycles. The Morgan fingerprint density at radius 2 is 2.38 bits per heavy atom. The summed E-state index contributed by atoms with van der Waals surface area (Å²) in [6.45, 7) is 5.32. The lowest BCUT2D eigenvalue weighted by atomic mass is 9.89. The molecule has 1 aromatic heterocycles. The molecule has 3 nitrogen and oxygen atoms in total. The Morgan fingerprint density at radius 3 is 3.00 bits per heavy atom. The molecule has 3 atom stereocenters. The van der Waals surface area contributed by atoms with Gasteiger partial charge in [0.1, 0.15) is 0 Å². The van der Waals surface area contributed by atoms with Gasteiger partial charge in [-0.3, -0.25) is 4.68 Å². The maximum Gasteiger partial charge on any atom is 0.0851 e. The van der Waals surface area contributed by atoms with E-state index in [2.05, 4.69) is 18.9 Å². The fraction of sp³-hybridized carbons (Fsp3) is 0.769. The fourth-order valence-corrected chi connectivity index (χ4v) is 2.77. The van der Waals surface area contributed by atoms with Crippen LogP contribution < -0.4 is 0 Å². The van der Waals surface area contributed by atoms with Crippen LogP contribution in [0.2, 0.25) is 0 Å². The summed E-state index contributed by atoms with van der Waals surface area (Å²) in [5.41, 5.74) is 0.993. The summed E-state index contributed by atoms with van der Waals surface area (Å²) >= 11 is 0. The van der Waals surface area contributed by atoms with Crippen LogP contribution in [-0.4, -0.2) is 14.9 Å². The van der Waals surface area contributed by atoms with Gasteiger partial charge >= 0.3 is 0 Å². The van der Waals surface area contributed by atoms with Gasteiger partial charge in [-0.2, -0.15) is 5.10 Å². The molecule has 0 aromatic carbocycles. The molecular formula is C13H22N2O. The molecule has 0 spiro atoms. The highest BCUT2D eigenvalue weighted by Gasteiger charge is 2.31. The lowest BCUT2D eigenvalue weighted by Gasteiger charge is -2.20. The van der Waals surface area contributed by atoms with Crippen LogP contribution in [0.3, 0.4) is 0 Å². The number of aromatic nitrogens is 2. The summed E-state index contributed by atoms with van der Waals surface area (Å²) in [7, 11) is 0. The van der Waals surface area contributed by atoms with E-state index in [0.717, 1.165) is 24.9 Å². The van der Waals surface area contributed by atoms with Gasteiger partial charge in [0.2, 0.25) is 0 Å². The topological polar surface area (TPSA) is 38.0 Å². The number of rotatable bonds is 4. The van der Waals surface area contributed by atoms with Crippen molar-refractivity contribution in [1.29, 1.82) is 0 Å². The molecule has 90 valence electrons. The first kappa shape index (κ1) is 11.6. The fourth-order valence-electron chi connectivity index (χ4n) is 2.77. The molecule has 1 fully saturated rings. The normalized spacial score (nSPS) is 27.2. The van der Waals surface area contributed by atoms with Gasteiger partial charge in [-0.05, 0) is 24.7 Å². The van der Waals surface area contributed by atoms with Crippen LogP contribution in [0.1, 0.15) is 51.2 Å². The summed E-state index contributed by atoms with van der Waals surface area (Å²) in [5.74, 6) is 1.07. The number of hydrogen-bond donors (Lipinski definition) is 1. The summed E-state index contributed by atoms with van der Waals surface area (Å²) in [6.07, 6.45) is 8.25. The van der Waals surface area contributed by atoms with Crippen molar-refractivity contribution in [2.75, 3.05) is 0 Å². The summed E-state index contributed by atoms with van der Waals surface area (Å²) < 4.78 is 1.93. The highest BCUT2D eigenvalue weighted by Crippen LogP contribution is 2.39. The van der Waals surface area contributed by atoms with Crippen molar-refractivity contribution in [2.45, 2.75) is 52.2 Å². The zero-order valence-electron chi connectivity index (χ0n) is 10.3. The van der Waals surface area contributed by atoms with Gasteiger partial charge in [0.25, 0.3) is 0 Å². The lowest BCUT2D eigenvalue weighted by Crippen LogP contribution is -2.14. The van der Waals surface area contributed by atoms with Crippen molar-refractivity contribution < 1.29 is 5.11 Å². The zero-order chi connectivity index (χ0) is 11.5. The predicted octanol–water partition coefficient (Wildman–Crippen LogP) is 2.76. The van der Waals surface area contributed by atoms with Crippen molar-refractivity contribution >= 4 is 0 Å². The van der Waals surface area contributed by atoms with Crippen LogP contribution in [0.5, 0.6) is 0 Å². The Labute approximate surface area is 97.5 Å². The molecule has 1 N–H and O–H groups in total. The monoisotopic (exact) mass is 222 g/mol. The Balaban J connectivity index is 2.04. The molecule has 1 aliphatic rings. The van der Waals surface area contributed by atoms with Gasteiger partial charge in [-0.15, -0.1) is 0 Å². The molecule has 0 aliphatic heterocycles. The van der Waals surface area contributed by atoms with Crippen molar-refractivity contribution in [2.24, 2.45) is 11.8 Å². The average Bonchev–Trinajstić information content (AvgIpc) is 2.87. The molecule has 0 radical (unpaired) electrons. The van der Waals surface area contributed by atoms with Crippen molar-refractivity contribution in [3.63, 3.8) is 0 Å². The molecule has 1 heterocycles. The Bertz CT molecular complexity index is 334. The maximum atomic E-state index is 10.3. The first-order valence-corrected chi connectivity index (χ1v) is 6.42. The molecule has 3 unspecified atom stereocenters. The van der Waals surface area contributed by atoms with Crippen LogP contribution in [0.25, 0.3) is 0 Å². The van der Waals surface area contributed by atoms with Gasteiger partial charge in [0.15, 0.2) is 0 Å². The van der Waals surface area contributed by atoms with Gasteiger partial charge in [-0.25, -0.2) is 0 Å². The largest absolute Gasteiger partial charge is 0.388 e. The number of aliphatic hydroxyl groups excluding tert-OH is 1. The maximum absolute atomic E-state index is 10.3. The molecular weight excluding hydrogens is 200 g/mol. The van der Waals surface area contributed by atoms with Crippen molar-refractivity contribution in [3.05, 3.63) is 18.0 Å². The third kappa shape index (κ3) is 2.29.